The van der Waals surface area contributed by atoms with Crippen LogP contribution in [-0.2, 0) is 13.5 Å². The van der Waals surface area contributed by atoms with E-state index in [1.165, 1.54) is 11.1 Å². The number of aryl methyl sites for hydroxylation is 1. The van der Waals surface area contributed by atoms with Crippen LogP contribution in [0.4, 0.5) is 0 Å². The lowest BCUT2D eigenvalue weighted by Crippen LogP contribution is -2.32. The molecule has 0 fully saturated rings. The fraction of sp³-hybridized carbons (Fsp3) is 0.400. The standard InChI is InChI=1S/C15H19N3O2/c1-18-15(13(20-3)9-17-18)14-12-5-4-11(19-2)8-10(12)6-7-16-14/h4-5,8-9,14,16H,6-7H2,1-3H3. The zero-order valence-electron chi connectivity index (χ0n) is 12.0. The van der Waals surface area contributed by atoms with Gasteiger partial charge in [-0.05, 0) is 29.7 Å². The van der Waals surface area contributed by atoms with Crippen LogP contribution < -0.4 is 14.8 Å². The van der Waals surface area contributed by atoms with Crippen LogP contribution in [0.5, 0.6) is 11.5 Å². The maximum absolute atomic E-state index is 5.43. The molecular weight excluding hydrogens is 254 g/mol. The minimum absolute atomic E-state index is 0.104. The normalized spacial score (nSPS) is 17.6. The molecule has 0 radical (unpaired) electrons. The lowest BCUT2D eigenvalue weighted by molar-refractivity contribution is 0.397. The summed E-state index contributed by atoms with van der Waals surface area (Å²) in [5.74, 6) is 1.72. The third-order valence-corrected chi connectivity index (χ3v) is 3.85. The average Bonchev–Trinajstić information content (AvgIpc) is 2.86. The Kier molecular flexibility index (Phi) is 3.36. The van der Waals surface area contributed by atoms with Gasteiger partial charge in [-0.1, -0.05) is 6.07 Å². The van der Waals surface area contributed by atoms with Gasteiger partial charge in [0.2, 0.25) is 0 Å². The Morgan fingerprint density at radius 1 is 1.30 bits per heavy atom. The van der Waals surface area contributed by atoms with Crippen molar-refractivity contribution in [1.29, 1.82) is 0 Å². The van der Waals surface area contributed by atoms with E-state index in [0.717, 1.165) is 30.2 Å². The molecule has 0 saturated heterocycles. The molecule has 2 heterocycles. The van der Waals surface area contributed by atoms with Gasteiger partial charge in [0.05, 0.1) is 26.5 Å². The highest BCUT2D eigenvalue weighted by molar-refractivity contribution is 5.45. The first-order valence-electron chi connectivity index (χ1n) is 6.70. The average molecular weight is 273 g/mol. The largest absolute Gasteiger partial charge is 0.497 e. The van der Waals surface area contributed by atoms with Crippen molar-refractivity contribution in [2.24, 2.45) is 7.05 Å². The number of hydrogen-bond acceptors (Lipinski definition) is 4. The molecule has 1 aliphatic rings. The predicted molar refractivity (Wildman–Crippen MR) is 76.3 cm³/mol. The number of hydrogen-bond donors (Lipinski definition) is 1. The number of benzene rings is 1. The van der Waals surface area contributed by atoms with Gasteiger partial charge in [0.1, 0.15) is 11.4 Å². The second-order valence-electron chi connectivity index (χ2n) is 4.92. The molecule has 0 spiro atoms. The molecule has 20 heavy (non-hydrogen) atoms. The van der Waals surface area contributed by atoms with Gasteiger partial charge in [-0.3, -0.25) is 4.68 Å². The number of fused-ring (bicyclic) bond motifs is 1. The van der Waals surface area contributed by atoms with Crippen LogP contribution in [0.2, 0.25) is 0 Å². The van der Waals surface area contributed by atoms with Gasteiger partial charge in [-0.25, -0.2) is 0 Å². The van der Waals surface area contributed by atoms with Crippen molar-refractivity contribution in [2.75, 3.05) is 20.8 Å². The van der Waals surface area contributed by atoms with E-state index in [4.69, 9.17) is 9.47 Å². The van der Waals surface area contributed by atoms with Crippen molar-refractivity contribution in [3.05, 3.63) is 41.2 Å². The predicted octanol–water partition coefficient (Wildman–Crippen LogP) is 1.67. The summed E-state index contributed by atoms with van der Waals surface area (Å²) in [6, 6.07) is 6.35. The Morgan fingerprint density at radius 3 is 2.90 bits per heavy atom. The Balaban J connectivity index is 2.07. The molecule has 1 aromatic heterocycles. The van der Waals surface area contributed by atoms with Gasteiger partial charge in [-0.15, -0.1) is 0 Å². The van der Waals surface area contributed by atoms with Crippen molar-refractivity contribution in [2.45, 2.75) is 12.5 Å². The van der Waals surface area contributed by atoms with Crippen molar-refractivity contribution < 1.29 is 9.47 Å². The van der Waals surface area contributed by atoms with Gasteiger partial charge in [0.15, 0.2) is 5.75 Å². The number of aromatic nitrogens is 2. The van der Waals surface area contributed by atoms with E-state index in [9.17, 15) is 0 Å². The summed E-state index contributed by atoms with van der Waals surface area (Å²) in [5, 5.41) is 7.85. The number of nitrogens with zero attached hydrogens (tertiary/aromatic N) is 2. The van der Waals surface area contributed by atoms with Crippen LogP contribution >= 0.6 is 0 Å². The zero-order chi connectivity index (χ0) is 14.1. The summed E-state index contributed by atoms with van der Waals surface area (Å²) in [6.45, 7) is 0.930. The lowest BCUT2D eigenvalue weighted by atomic mass is 9.92. The maximum Gasteiger partial charge on any atom is 0.161 e. The van der Waals surface area contributed by atoms with Gasteiger partial charge in [0.25, 0.3) is 0 Å². The summed E-state index contributed by atoms with van der Waals surface area (Å²) in [5.41, 5.74) is 3.63. The Morgan fingerprint density at radius 2 is 2.15 bits per heavy atom. The SMILES string of the molecule is COc1ccc2c(c1)CCNC2c1c(OC)cnn1C. The molecule has 106 valence electrons. The van der Waals surface area contributed by atoms with Crippen LogP contribution in [0.25, 0.3) is 0 Å². The highest BCUT2D eigenvalue weighted by Crippen LogP contribution is 2.34. The van der Waals surface area contributed by atoms with Crippen LogP contribution in [0, 0.1) is 0 Å². The molecular formula is C15H19N3O2. The second kappa shape index (κ2) is 5.17. The monoisotopic (exact) mass is 273 g/mol. The van der Waals surface area contributed by atoms with E-state index in [1.54, 1.807) is 20.4 Å². The molecule has 1 N–H and O–H groups in total. The third kappa shape index (κ3) is 2.04. The fourth-order valence-corrected chi connectivity index (χ4v) is 2.83. The lowest BCUT2D eigenvalue weighted by Gasteiger charge is -2.28. The molecule has 5 heteroatoms. The molecule has 1 unspecified atom stereocenters. The van der Waals surface area contributed by atoms with E-state index in [0.29, 0.717) is 0 Å². The topological polar surface area (TPSA) is 48.3 Å². The number of ether oxygens (including phenoxy) is 2. The zero-order valence-corrected chi connectivity index (χ0v) is 12.0. The maximum atomic E-state index is 5.43. The minimum atomic E-state index is 0.104. The highest BCUT2D eigenvalue weighted by Gasteiger charge is 2.27. The first-order chi connectivity index (χ1) is 9.74. The Bertz CT molecular complexity index is 622. The van der Waals surface area contributed by atoms with E-state index in [2.05, 4.69) is 22.5 Å². The first kappa shape index (κ1) is 13.0. The molecule has 1 atom stereocenters. The van der Waals surface area contributed by atoms with Crippen molar-refractivity contribution in [3.8, 4) is 11.5 Å². The first-order valence-corrected chi connectivity index (χ1v) is 6.70. The van der Waals surface area contributed by atoms with Crippen LogP contribution in [0.15, 0.2) is 24.4 Å². The smallest absolute Gasteiger partial charge is 0.161 e. The number of nitrogens with one attached hydrogen (secondary N) is 1. The molecule has 1 aromatic carbocycles. The molecule has 0 amide bonds. The summed E-state index contributed by atoms with van der Waals surface area (Å²) in [7, 11) is 5.32. The highest BCUT2D eigenvalue weighted by atomic mass is 16.5. The molecule has 0 bridgehead atoms. The second-order valence-corrected chi connectivity index (χ2v) is 4.92. The number of rotatable bonds is 3. The molecule has 1 aliphatic heterocycles. The summed E-state index contributed by atoms with van der Waals surface area (Å²) in [6.07, 6.45) is 2.76. The molecule has 5 nitrogen and oxygen atoms in total. The summed E-state index contributed by atoms with van der Waals surface area (Å²) < 4.78 is 12.6. The van der Waals surface area contributed by atoms with Crippen LogP contribution in [-0.4, -0.2) is 30.5 Å². The van der Waals surface area contributed by atoms with Gasteiger partial charge in [0, 0.05) is 13.6 Å². The van der Waals surface area contributed by atoms with Crippen LogP contribution in [0.3, 0.4) is 0 Å². The van der Waals surface area contributed by atoms with Crippen molar-refractivity contribution >= 4 is 0 Å². The fourth-order valence-electron chi connectivity index (χ4n) is 2.83. The quantitative estimate of drug-likeness (QED) is 0.924. The Labute approximate surface area is 118 Å². The van der Waals surface area contributed by atoms with E-state index in [1.807, 2.05) is 17.8 Å². The van der Waals surface area contributed by atoms with Crippen molar-refractivity contribution in [3.63, 3.8) is 0 Å². The van der Waals surface area contributed by atoms with E-state index in [-0.39, 0.29) is 6.04 Å². The molecule has 0 saturated carbocycles. The Hall–Kier alpha value is -2.01. The third-order valence-electron chi connectivity index (χ3n) is 3.85. The van der Waals surface area contributed by atoms with Gasteiger partial charge >= 0.3 is 0 Å². The molecule has 3 rings (SSSR count). The van der Waals surface area contributed by atoms with E-state index >= 15 is 0 Å². The minimum Gasteiger partial charge on any atom is -0.497 e. The van der Waals surface area contributed by atoms with Gasteiger partial charge in [-0.2, -0.15) is 5.10 Å². The summed E-state index contributed by atoms with van der Waals surface area (Å²) in [4.78, 5) is 0. The molecule has 0 aliphatic carbocycles. The number of methoxy groups -OCH3 is 2. The summed E-state index contributed by atoms with van der Waals surface area (Å²) >= 11 is 0. The van der Waals surface area contributed by atoms with Crippen molar-refractivity contribution in [1.82, 2.24) is 15.1 Å². The van der Waals surface area contributed by atoms with Gasteiger partial charge < -0.3 is 14.8 Å². The molecule has 2 aromatic rings. The van der Waals surface area contributed by atoms with E-state index < -0.39 is 0 Å². The van der Waals surface area contributed by atoms with Crippen LogP contribution in [0.1, 0.15) is 22.9 Å².